The highest BCUT2D eigenvalue weighted by atomic mass is 35.5. The number of halogens is 3. The summed E-state index contributed by atoms with van der Waals surface area (Å²) in [7, 11) is 3.84. The van der Waals surface area contributed by atoms with Gasteiger partial charge in [0.05, 0.1) is 11.1 Å². The molecule has 0 radical (unpaired) electrons. The summed E-state index contributed by atoms with van der Waals surface area (Å²) in [4.78, 5) is 45.0. The average Bonchev–Trinajstić information content (AvgIpc) is 2.91. The second-order valence-corrected chi connectivity index (χ2v) is 9.51. The summed E-state index contributed by atoms with van der Waals surface area (Å²) in [6.07, 6.45) is 2.74. The van der Waals surface area contributed by atoms with Crippen molar-refractivity contribution in [1.29, 1.82) is 0 Å². The van der Waals surface area contributed by atoms with Crippen LogP contribution in [0.1, 0.15) is 36.6 Å². The molecule has 0 fully saturated rings. The second kappa shape index (κ2) is 13.7. The predicted octanol–water partition coefficient (Wildman–Crippen LogP) is 6.73. The van der Waals surface area contributed by atoms with Crippen molar-refractivity contribution >= 4 is 68.9 Å². The minimum absolute atomic E-state index is 0.225. The Morgan fingerprint density at radius 2 is 1.36 bits per heavy atom. The van der Waals surface area contributed by atoms with E-state index < -0.39 is 5.24 Å². The maximum Gasteiger partial charge on any atom is 0.257 e. The number of aryl methyl sites for hydroxylation is 1. The summed E-state index contributed by atoms with van der Waals surface area (Å²) in [6.45, 7) is 1.88. The minimum Gasteiger partial charge on any atom is -0.378 e. The molecule has 2 N–H and O–H groups in total. The van der Waals surface area contributed by atoms with Crippen LogP contribution in [0.4, 0.5) is 17.1 Å². The molecule has 0 aliphatic carbocycles. The van der Waals surface area contributed by atoms with Crippen molar-refractivity contribution in [2.45, 2.75) is 6.92 Å². The number of hydrogen-bond donors (Lipinski definition) is 2. The number of carbonyl (C=O) groups is 3. The van der Waals surface area contributed by atoms with E-state index in [1.165, 1.54) is 24.5 Å². The molecule has 0 bridgehead atoms. The molecule has 0 aliphatic rings. The van der Waals surface area contributed by atoms with Gasteiger partial charge in [0.15, 0.2) is 0 Å². The summed E-state index contributed by atoms with van der Waals surface area (Å²) in [5.74, 6) is -0.531. The molecule has 4 rings (SSSR count). The number of amides is 2. The first-order chi connectivity index (χ1) is 18.5. The molecule has 39 heavy (non-hydrogen) atoms. The van der Waals surface area contributed by atoms with E-state index in [9.17, 15) is 14.4 Å². The Bertz CT molecular complexity index is 1480. The summed E-state index contributed by atoms with van der Waals surface area (Å²) in [5.41, 5.74) is 4.29. The molecule has 0 aliphatic heterocycles. The lowest BCUT2D eigenvalue weighted by molar-refractivity contribution is 0.101. The third-order valence-corrected chi connectivity index (χ3v) is 5.98. The molecule has 0 spiro atoms. The van der Waals surface area contributed by atoms with Gasteiger partial charge in [0.1, 0.15) is 10.3 Å². The number of nitrogens with zero attached hydrogens (tertiary/aromatic N) is 3. The molecule has 8 nitrogen and oxygen atoms in total. The van der Waals surface area contributed by atoms with E-state index in [-0.39, 0.29) is 11.8 Å². The fourth-order valence-electron chi connectivity index (χ4n) is 3.16. The van der Waals surface area contributed by atoms with Crippen LogP contribution in [0.3, 0.4) is 0 Å². The first kappa shape index (κ1) is 29.6. The molecule has 4 aromatic rings. The van der Waals surface area contributed by atoms with Gasteiger partial charge in [-0.2, -0.15) is 0 Å². The zero-order valence-corrected chi connectivity index (χ0v) is 23.5. The topological polar surface area (TPSA) is 104 Å². The molecule has 0 unspecified atom stereocenters. The first-order valence-corrected chi connectivity index (χ1v) is 12.6. The largest absolute Gasteiger partial charge is 0.378 e. The molecule has 2 heterocycles. The highest BCUT2D eigenvalue weighted by Crippen LogP contribution is 2.22. The predicted molar refractivity (Wildman–Crippen MR) is 157 cm³/mol. The van der Waals surface area contributed by atoms with E-state index in [1.54, 1.807) is 30.3 Å². The van der Waals surface area contributed by atoms with Crippen LogP contribution < -0.4 is 15.5 Å². The van der Waals surface area contributed by atoms with Crippen molar-refractivity contribution in [2.24, 2.45) is 0 Å². The van der Waals surface area contributed by atoms with Gasteiger partial charge in [0, 0.05) is 49.1 Å². The van der Waals surface area contributed by atoms with E-state index in [2.05, 4.69) is 20.6 Å². The van der Waals surface area contributed by atoms with E-state index in [0.717, 1.165) is 11.3 Å². The van der Waals surface area contributed by atoms with Crippen molar-refractivity contribution in [3.8, 4) is 0 Å². The number of anilines is 3. The zero-order valence-electron chi connectivity index (χ0n) is 21.2. The Morgan fingerprint density at radius 1 is 0.744 bits per heavy atom. The van der Waals surface area contributed by atoms with Crippen molar-refractivity contribution in [3.05, 3.63) is 112 Å². The molecule has 200 valence electrons. The van der Waals surface area contributed by atoms with Gasteiger partial charge < -0.3 is 15.5 Å². The van der Waals surface area contributed by atoms with E-state index >= 15 is 0 Å². The molecular formula is C28H24Cl3N5O3. The first-order valence-electron chi connectivity index (χ1n) is 11.5. The molecule has 11 heteroatoms. The van der Waals surface area contributed by atoms with E-state index in [1.807, 2.05) is 50.2 Å². The van der Waals surface area contributed by atoms with Crippen LogP contribution in [-0.2, 0) is 0 Å². The van der Waals surface area contributed by atoms with Crippen molar-refractivity contribution in [3.63, 3.8) is 0 Å². The zero-order chi connectivity index (χ0) is 28.5. The molecule has 2 amide bonds. The fourth-order valence-corrected chi connectivity index (χ4v) is 3.50. The molecule has 2 aromatic carbocycles. The summed E-state index contributed by atoms with van der Waals surface area (Å²) in [6, 6.07) is 18.9. The van der Waals surface area contributed by atoms with Crippen LogP contribution in [0.2, 0.25) is 10.3 Å². The van der Waals surface area contributed by atoms with Crippen molar-refractivity contribution < 1.29 is 14.4 Å². The number of hydrogen-bond acceptors (Lipinski definition) is 6. The van der Waals surface area contributed by atoms with Gasteiger partial charge in [0.25, 0.3) is 17.1 Å². The Morgan fingerprint density at radius 3 is 1.92 bits per heavy atom. The van der Waals surface area contributed by atoms with Gasteiger partial charge in [-0.05, 0) is 78.7 Å². The third kappa shape index (κ3) is 8.78. The van der Waals surface area contributed by atoms with Crippen LogP contribution in [0.15, 0.2) is 79.1 Å². The van der Waals surface area contributed by atoms with Crippen molar-refractivity contribution in [1.82, 2.24) is 9.97 Å². The summed E-state index contributed by atoms with van der Waals surface area (Å²) < 4.78 is 0. The Balaban J connectivity index is 0.000000353. The third-order valence-electron chi connectivity index (χ3n) is 5.31. The van der Waals surface area contributed by atoms with Crippen LogP contribution in [0.25, 0.3) is 0 Å². The Labute approximate surface area is 240 Å². The van der Waals surface area contributed by atoms with Gasteiger partial charge in [-0.3, -0.25) is 14.4 Å². The Hall–Kier alpha value is -3.98. The maximum absolute atomic E-state index is 12.6. The summed E-state index contributed by atoms with van der Waals surface area (Å²) in [5, 5.41) is 5.86. The minimum atomic E-state index is -0.524. The SMILES string of the molecule is Cc1ccc(NC(=O)c2cccc(N(C)C)c2)cc1NC(=O)c1ccc(Cl)nc1.O=C(Cl)c1ccc(Cl)nc1. The lowest BCUT2D eigenvalue weighted by atomic mass is 10.1. The second-order valence-electron chi connectivity index (χ2n) is 8.40. The number of benzene rings is 2. The number of nitrogens with one attached hydrogen (secondary N) is 2. The van der Waals surface area contributed by atoms with Crippen LogP contribution >= 0.6 is 34.8 Å². The van der Waals surface area contributed by atoms with Crippen molar-refractivity contribution in [2.75, 3.05) is 29.6 Å². The van der Waals surface area contributed by atoms with Crippen LogP contribution in [-0.4, -0.2) is 41.1 Å². The standard InChI is InChI=1S/C22H21ClN4O2.C6H3Cl2NO/c1-14-7-9-17(25-21(28)15-5-4-6-18(11-15)27(2)3)12-19(14)26-22(29)16-8-10-20(23)24-13-16;7-5-2-1-4(3-9-5)6(8)10/h4-13H,1-3H3,(H,25,28)(H,26,29);1-3H. The van der Waals surface area contributed by atoms with Gasteiger partial charge in [-0.25, -0.2) is 9.97 Å². The van der Waals surface area contributed by atoms with Gasteiger partial charge in [0.2, 0.25) is 0 Å². The molecule has 0 saturated carbocycles. The fraction of sp³-hybridized carbons (Fsp3) is 0.107. The van der Waals surface area contributed by atoms with Crippen LogP contribution in [0.5, 0.6) is 0 Å². The number of aromatic nitrogens is 2. The summed E-state index contributed by atoms with van der Waals surface area (Å²) >= 11 is 16.3. The molecular weight excluding hydrogens is 561 g/mol. The molecule has 0 atom stereocenters. The van der Waals surface area contributed by atoms with Crippen LogP contribution in [0, 0.1) is 6.92 Å². The van der Waals surface area contributed by atoms with E-state index in [4.69, 9.17) is 34.8 Å². The number of pyridine rings is 2. The average molecular weight is 585 g/mol. The quantitative estimate of drug-likeness (QED) is 0.192. The molecule has 0 saturated heterocycles. The van der Waals surface area contributed by atoms with Gasteiger partial charge in [-0.1, -0.05) is 35.3 Å². The number of rotatable bonds is 6. The van der Waals surface area contributed by atoms with Gasteiger partial charge in [-0.15, -0.1) is 0 Å². The smallest absolute Gasteiger partial charge is 0.257 e. The highest BCUT2D eigenvalue weighted by Gasteiger charge is 2.12. The maximum atomic E-state index is 12.6. The van der Waals surface area contributed by atoms with E-state index in [0.29, 0.717) is 38.4 Å². The molecule has 2 aromatic heterocycles. The number of carbonyl (C=O) groups excluding carboxylic acids is 3. The lowest BCUT2D eigenvalue weighted by Gasteiger charge is -2.14. The highest BCUT2D eigenvalue weighted by molar-refractivity contribution is 6.67. The van der Waals surface area contributed by atoms with Gasteiger partial charge >= 0.3 is 0 Å². The normalized spacial score (nSPS) is 10.1. The Kier molecular flexibility index (Phi) is 10.4. The lowest BCUT2D eigenvalue weighted by Crippen LogP contribution is -2.15. The monoisotopic (exact) mass is 583 g/mol.